The van der Waals surface area contributed by atoms with Gasteiger partial charge in [-0.1, -0.05) is 12.2 Å². The van der Waals surface area contributed by atoms with Crippen molar-refractivity contribution in [3.05, 3.63) is 37.1 Å². The van der Waals surface area contributed by atoms with Crippen LogP contribution >= 0.6 is 0 Å². The zero-order valence-electron chi connectivity index (χ0n) is 7.99. The number of nitrogens with zero attached hydrogens (tertiary/aromatic N) is 1. The minimum atomic E-state index is -0.405. The van der Waals surface area contributed by atoms with Gasteiger partial charge in [0.15, 0.2) is 0 Å². The number of amides is 1. The van der Waals surface area contributed by atoms with Crippen LogP contribution in [0.5, 0.6) is 0 Å². The summed E-state index contributed by atoms with van der Waals surface area (Å²) in [6, 6.07) is 0. The molecular formula is C10H16N2O. The maximum absolute atomic E-state index is 10.7. The fourth-order valence-corrected chi connectivity index (χ4v) is 0.849. The Hall–Kier alpha value is -1.51. The molecule has 0 aliphatic carbocycles. The van der Waals surface area contributed by atoms with Crippen molar-refractivity contribution in [2.75, 3.05) is 13.1 Å². The van der Waals surface area contributed by atoms with Gasteiger partial charge in [-0.25, -0.2) is 0 Å². The van der Waals surface area contributed by atoms with Gasteiger partial charge in [-0.2, -0.15) is 0 Å². The van der Waals surface area contributed by atoms with Gasteiger partial charge in [-0.05, 0) is 6.92 Å². The first-order valence-corrected chi connectivity index (χ1v) is 4.06. The predicted octanol–water partition coefficient (Wildman–Crippen LogP) is 1.05. The van der Waals surface area contributed by atoms with Crippen molar-refractivity contribution in [2.45, 2.75) is 6.92 Å². The van der Waals surface area contributed by atoms with E-state index in [4.69, 9.17) is 5.73 Å². The van der Waals surface area contributed by atoms with E-state index >= 15 is 0 Å². The highest BCUT2D eigenvalue weighted by atomic mass is 16.1. The fourth-order valence-electron chi connectivity index (χ4n) is 0.849. The number of carbonyl (C=O) groups excluding carboxylic acids is 1. The van der Waals surface area contributed by atoms with Crippen LogP contribution in [0.4, 0.5) is 0 Å². The molecule has 0 aromatic carbocycles. The van der Waals surface area contributed by atoms with E-state index in [1.165, 1.54) is 0 Å². The molecule has 0 spiro atoms. The molecule has 0 heterocycles. The van der Waals surface area contributed by atoms with Gasteiger partial charge in [0.2, 0.25) is 5.91 Å². The molecule has 72 valence electrons. The molecule has 0 unspecified atom stereocenters. The van der Waals surface area contributed by atoms with Crippen LogP contribution in [-0.2, 0) is 4.79 Å². The molecule has 0 atom stereocenters. The molecule has 0 saturated carbocycles. The van der Waals surface area contributed by atoms with Crippen molar-refractivity contribution in [3.8, 4) is 0 Å². The Kier molecular flexibility index (Phi) is 5.35. The average molecular weight is 180 g/mol. The van der Waals surface area contributed by atoms with E-state index < -0.39 is 5.91 Å². The highest BCUT2D eigenvalue weighted by molar-refractivity contribution is 5.91. The Balaban J connectivity index is 4.36. The molecule has 0 aliphatic heterocycles. The number of hydrogen-bond donors (Lipinski definition) is 1. The summed E-state index contributed by atoms with van der Waals surface area (Å²) in [6.07, 6.45) is 5.23. The zero-order chi connectivity index (χ0) is 10.3. The zero-order valence-corrected chi connectivity index (χ0v) is 7.99. The molecule has 0 radical (unpaired) electrons. The van der Waals surface area contributed by atoms with E-state index in [1.807, 2.05) is 4.90 Å². The summed E-state index contributed by atoms with van der Waals surface area (Å²) in [4.78, 5) is 12.6. The number of hydrogen-bond acceptors (Lipinski definition) is 2. The van der Waals surface area contributed by atoms with Crippen molar-refractivity contribution in [1.29, 1.82) is 0 Å². The van der Waals surface area contributed by atoms with Crippen molar-refractivity contribution in [3.63, 3.8) is 0 Å². The third-order valence-electron chi connectivity index (χ3n) is 1.49. The van der Waals surface area contributed by atoms with Crippen molar-refractivity contribution >= 4 is 5.91 Å². The number of rotatable bonds is 6. The lowest BCUT2D eigenvalue weighted by molar-refractivity contribution is -0.114. The Morgan fingerprint density at radius 2 is 1.85 bits per heavy atom. The van der Waals surface area contributed by atoms with E-state index in [2.05, 4.69) is 13.2 Å². The molecule has 0 saturated heterocycles. The van der Waals surface area contributed by atoms with E-state index in [9.17, 15) is 4.79 Å². The van der Waals surface area contributed by atoms with Crippen LogP contribution in [0, 0.1) is 0 Å². The number of carbonyl (C=O) groups is 1. The van der Waals surface area contributed by atoms with Crippen LogP contribution < -0.4 is 5.73 Å². The first kappa shape index (κ1) is 11.5. The van der Waals surface area contributed by atoms with Crippen molar-refractivity contribution < 1.29 is 4.79 Å². The van der Waals surface area contributed by atoms with Crippen LogP contribution in [0.25, 0.3) is 0 Å². The van der Waals surface area contributed by atoms with Gasteiger partial charge in [-0.3, -0.25) is 4.79 Å². The van der Waals surface area contributed by atoms with Crippen LogP contribution in [-0.4, -0.2) is 23.9 Å². The van der Waals surface area contributed by atoms with Gasteiger partial charge in [0.25, 0.3) is 0 Å². The van der Waals surface area contributed by atoms with Gasteiger partial charge in [-0.15, -0.1) is 13.2 Å². The molecule has 3 nitrogen and oxygen atoms in total. The molecular weight excluding hydrogens is 164 g/mol. The lowest BCUT2D eigenvalue weighted by atomic mass is 10.3. The van der Waals surface area contributed by atoms with Crippen LogP contribution in [0.1, 0.15) is 6.92 Å². The molecule has 0 aromatic rings. The average Bonchev–Trinajstić information content (AvgIpc) is 2.05. The molecule has 0 aliphatic rings. The van der Waals surface area contributed by atoms with Crippen LogP contribution in [0.15, 0.2) is 37.1 Å². The van der Waals surface area contributed by atoms with Gasteiger partial charge >= 0.3 is 0 Å². The largest absolute Gasteiger partial charge is 0.370 e. The minimum Gasteiger partial charge on any atom is -0.370 e. The van der Waals surface area contributed by atoms with Crippen molar-refractivity contribution in [1.82, 2.24) is 4.90 Å². The van der Waals surface area contributed by atoms with Crippen molar-refractivity contribution in [2.24, 2.45) is 5.73 Å². The van der Waals surface area contributed by atoms with E-state index in [0.29, 0.717) is 18.7 Å². The Bertz CT molecular complexity index is 221. The summed E-state index contributed by atoms with van der Waals surface area (Å²) < 4.78 is 0. The van der Waals surface area contributed by atoms with E-state index in [-0.39, 0.29) is 0 Å². The van der Waals surface area contributed by atoms with E-state index in [1.54, 1.807) is 25.3 Å². The SMILES string of the molecule is C=CCN(C=C(C)C(N)=O)CC=C. The maximum Gasteiger partial charge on any atom is 0.245 e. The maximum atomic E-state index is 10.7. The molecule has 2 N–H and O–H groups in total. The van der Waals surface area contributed by atoms with Gasteiger partial charge in [0.05, 0.1) is 0 Å². The molecule has 0 bridgehead atoms. The highest BCUT2D eigenvalue weighted by Crippen LogP contribution is 1.97. The second kappa shape index (κ2) is 6.06. The predicted molar refractivity (Wildman–Crippen MR) is 54.9 cm³/mol. The lowest BCUT2D eigenvalue weighted by Crippen LogP contribution is -2.21. The Morgan fingerprint density at radius 3 is 2.15 bits per heavy atom. The topological polar surface area (TPSA) is 46.3 Å². The summed E-state index contributed by atoms with van der Waals surface area (Å²) in [6.45, 7) is 10.3. The standard InChI is InChI=1S/C10H16N2O/c1-4-6-12(7-5-2)8-9(3)10(11)13/h4-5,8H,1-2,6-7H2,3H3,(H2,11,13). The second-order valence-electron chi connectivity index (χ2n) is 2.71. The Morgan fingerprint density at radius 1 is 1.38 bits per heavy atom. The first-order chi connectivity index (χ1) is 6.11. The summed E-state index contributed by atoms with van der Waals surface area (Å²) in [7, 11) is 0. The molecule has 0 aromatic heterocycles. The monoisotopic (exact) mass is 180 g/mol. The fraction of sp³-hybridized carbons (Fsp3) is 0.300. The van der Waals surface area contributed by atoms with Crippen LogP contribution in [0.2, 0.25) is 0 Å². The lowest BCUT2D eigenvalue weighted by Gasteiger charge is -2.16. The van der Waals surface area contributed by atoms with Gasteiger partial charge < -0.3 is 10.6 Å². The third kappa shape index (κ3) is 4.85. The summed E-state index contributed by atoms with van der Waals surface area (Å²) >= 11 is 0. The van der Waals surface area contributed by atoms with E-state index in [0.717, 1.165) is 0 Å². The molecule has 0 fully saturated rings. The third-order valence-corrected chi connectivity index (χ3v) is 1.49. The van der Waals surface area contributed by atoms with Gasteiger partial charge in [0.1, 0.15) is 0 Å². The summed E-state index contributed by atoms with van der Waals surface area (Å²) in [5.41, 5.74) is 5.62. The molecule has 13 heavy (non-hydrogen) atoms. The molecule has 0 rings (SSSR count). The first-order valence-electron chi connectivity index (χ1n) is 4.06. The minimum absolute atomic E-state index is 0.405. The normalized spacial score (nSPS) is 10.7. The molecule has 3 heteroatoms. The number of nitrogens with two attached hydrogens (primary N) is 1. The molecule has 1 amide bonds. The van der Waals surface area contributed by atoms with Crippen LogP contribution in [0.3, 0.4) is 0 Å². The smallest absolute Gasteiger partial charge is 0.245 e. The summed E-state index contributed by atoms with van der Waals surface area (Å²) in [5.74, 6) is -0.405. The van der Waals surface area contributed by atoms with Gasteiger partial charge in [0, 0.05) is 24.9 Å². The quantitative estimate of drug-likeness (QED) is 0.490. The summed E-state index contributed by atoms with van der Waals surface area (Å²) in [5, 5.41) is 0. The Labute approximate surface area is 79.2 Å². The highest BCUT2D eigenvalue weighted by Gasteiger charge is 1.99. The number of primary amides is 1. The second-order valence-corrected chi connectivity index (χ2v) is 2.71.